The molecule has 0 spiro atoms. The number of rotatable bonds is 11. The summed E-state index contributed by atoms with van der Waals surface area (Å²) in [6, 6.07) is 15.9. The van der Waals surface area contributed by atoms with Crippen LogP contribution in [0.3, 0.4) is 0 Å². The van der Waals surface area contributed by atoms with E-state index in [0.717, 1.165) is 48.1 Å². The molecule has 0 aliphatic heterocycles. The van der Waals surface area contributed by atoms with Crippen molar-refractivity contribution in [1.29, 1.82) is 0 Å². The van der Waals surface area contributed by atoms with Crippen LogP contribution in [0.1, 0.15) is 93.9 Å². The highest BCUT2D eigenvalue weighted by molar-refractivity contribution is 6.17. The Kier molecular flexibility index (Phi) is 16.3. The Hall–Kier alpha value is -6.08. The number of carboxylic acid groups (broad SMARTS) is 1. The van der Waals surface area contributed by atoms with E-state index in [4.69, 9.17) is 20.4 Å². The molecule has 2 saturated carbocycles. The Balaban J connectivity index is 0.00000105. The standard InChI is InChI=1S/C44H58N8O6.C2HF3O2/c1-26-34(20-22-37(47-26)39(53)48-31-15-17-32(18-16-31)51(5)6)29-11-7-27(8-12-29)23-35(45)41(55)52(33-19-21-36-38(24-33)50-42(56)49-36)40(54)30-13-9-28(10-14-30)25-46-43(57)58-44(2,3)4;3-2(4,5)1(6)7/h7-8,11-12,19-22,24,28,30-32,35H,9-10,13-18,23,25,45H2,1-6H3,(H,46,57)(H,48,53)(H2,49,50,56);(H,6,7)/t28?,30?,31?,32?,35-;/m0./s1. The summed E-state index contributed by atoms with van der Waals surface area (Å²) in [6.45, 7) is 7.76. The normalized spacial score (nSPS) is 19.4. The number of imide groups is 1. The van der Waals surface area contributed by atoms with E-state index in [1.54, 1.807) is 24.3 Å². The fourth-order valence-corrected chi connectivity index (χ4v) is 8.18. The maximum absolute atomic E-state index is 14.2. The van der Waals surface area contributed by atoms with Gasteiger partial charge >= 0.3 is 23.9 Å². The zero-order valence-electron chi connectivity index (χ0n) is 37.5. The Morgan fingerprint density at radius 1 is 0.892 bits per heavy atom. The van der Waals surface area contributed by atoms with E-state index < -0.39 is 47.4 Å². The van der Waals surface area contributed by atoms with Gasteiger partial charge in [-0.1, -0.05) is 30.3 Å². The summed E-state index contributed by atoms with van der Waals surface area (Å²) in [6.07, 6.45) is 1.12. The third-order valence-electron chi connectivity index (χ3n) is 11.7. The highest BCUT2D eigenvalue weighted by atomic mass is 19.4. The summed E-state index contributed by atoms with van der Waals surface area (Å²) in [5.41, 5.74) is 10.7. The third-order valence-corrected chi connectivity index (χ3v) is 11.7. The van der Waals surface area contributed by atoms with E-state index in [-0.39, 0.29) is 30.2 Å². The molecule has 0 radical (unpaired) electrons. The molecular formula is C46H59F3N8O8. The molecular weight excluding hydrogens is 850 g/mol. The third kappa shape index (κ3) is 14.0. The Morgan fingerprint density at radius 3 is 2.08 bits per heavy atom. The maximum atomic E-state index is 14.2. The Bertz CT molecular complexity index is 2380. The van der Waals surface area contributed by atoms with Crippen molar-refractivity contribution < 1.29 is 47.0 Å². The minimum atomic E-state index is -5.08. The summed E-state index contributed by atoms with van der Waals surface area (Å²) >= 11 is 0. The lowest BCUT2D eigenvalue weighted by Crippen LogP contribution is -2.50. The number of imidazole rings is 1. The number of aromatic nitrogens is 3. The molecule has 4 aromatic rings. The number of aromatic amines is 2. The number of anilines is 1. The van der Waals surface area contributed by atoms with Crippen molar-refractivity contribution in [2.45, 2.75) is 115 Å². The number of nitrogens with two attached hydrogens (primary N) is 1. The average Bonchev–Trinajstić information content (AvgIpc) is 3.62. The monoisotopic (exact) mass is 908 g/mol. The number of nitrogens with zero attached hydrogens (tertiary/aromatic N) is 3. The van der Waals surface area contributed by atoms with Gasteiger partial charge in [0.25, 0.3) is 11.8 Å². The summed E-state index contributed by atoms with van der Waals surface area (Å²) in [5.74, 6) is -4.06. The van der Waals surface area contributed by atoms with Crippen molar-refractivity contribution >= 4 is 46.5 Å². The lowest BCUT2D eigenvalue weighted by atomic mass is 9.81. The number of carboxylic acids is 1. The van der Waals surface area contributed by atoms with Crippen LogP contribution < -0.4 is 27.0 Å². The second-order valence-electron chi connectivity index (χ2n) is 18.0. The molecule has 0 bridgehead atoms. The molecule has 352 valence electrons. The SMILES string of the molecule is Cc1nc(C(=O)NC2CCC(N(C)C)CC2)ccc1-c1ccc(C[C@H](N)C(=O)N(C(=O)C2CCC(CNC(=O)OC(C)(C)C)CC2)c2ccc3[nH]c(=O)[nH]c3c2)cc1.O=C(O)C(F)(F)F. The molecule has 1 atom stereocenters. The van der Waals surface area contributed by atoms with E-state index in [9.17, 15) is 37.1 Å². The number of alkyl carbamates (subject to hydrolysis) is 1. The van der Waals surface area contributed by atoms with Crippen LogP contribution in [0, 0.1) is 18.8 Å². The van der Waals surface area contributed by atoms with Crippen molar-refractivity contribution in [2.24, 2.45) is 17.6 Å². The van der Waals surface area contributed by atoms with Gasteiger partial charge < -0.3 is 41.1 Å². The van der Waals surface area contributed by atoms with E-state index in [0.29, 0.717) is 60.7 Å². The van der Waals surface area contributed by atoms with Gasteiger partial charge in [0.2, 0.25) is 5.91 Å². The second kappa shape index (κ2) is 21.3. The Morgan fingerprint density at radius 2 is 1.51 bits per heavy atom. The number of ether oxygens (including phenoxy) is 1. The van der Waals surface area contributed by atoms with Gasteiger partial charge in [-0.3, -0.25) is 14.4 Å². The van der Waals surface area contributed by atoms with Crippen molar-refractivity contribution in [3.63, 3.8) is 0 Å². The molecule has 2 aliphatic rings. The number of amides is 4. The lowest BCUT2D eigenvalue weighted by molar-refractivity contribution is -0.192. The number of H-pyrrole nitrogens is 2. The molecule has 4 amide bonds. The zero-order valence-corrected chi connectivity index (χ0v) is 37.5. The highest BCUT2D eigenvalue weighted by Crippen LogP contribution is 2.33. The number of carbonyl (C=O) groups is 5. The number of alkyl halides is 3. The summed E-state index contributed by atoms with van der Waals surface area (Å²) in [7, 11) is 4.20. The number of benzene rings is 2. The first kappa shape index (κ1) is 49.9. The molecule has 7 N–H and O–H groups in total. The van der Waals surface area contributed by atoms with Crippen LogP contribution in [0.15, 0.2) is 59.4 Å². The number of aryl methyl sites for hydroxylation is 1. The number of carbonyl (C=O) groups excluding carboxylic acids is 4. The lowest BCUT2D eigenvalue weighted by Gasteiger charge is -2.32. The first-order chi connectivity index (χ1) is 30.5. The average molecular weight is 909 g/mol. The largest absolute Gasteiger partial charge is 0.490 e. The number of hydrogen-bond donors (Lipinski definition) is 6. The maximum Gasteiger partial charge on any atom is 0.490 e. The first-order valence-corrected chi connectivity index (χ1v) is 21.7. The Labute approximate surface area is 374 Å². The molecule has 6 rings (SSSR count). The van der Waals surface area contributed by atoms with Gasteiger partial charge in [-0.25, -0.2) is 24.3 Å². The molecule has 2 aromatic carbocycles. The summed E-state index contributed by atoms with van der Waals surface area (Å²) in [5, 5.41) is 13.1. The summed E-state index contributed by atoms with van der Waals surface area (Å²) in [4.78, 5) is 88.1. The van der Waals surface area contributed by atoms with Crippen molar-refractivity contribution in [1.82, 2.24) is 30.5 Å². The molecule has 2 fully saturated rings. The predicted molar refractivity (Wildman–Crippen MR) is 238 cm³/mol. The smallest absolute Gasteiger partial charge is 0.475 e. The van der Waals surface area contributed by atoms with Gasteiger partial charge in [-0.15, -0.1) is 0 Å². The van der Waals surface area contributed by atoms with Crippen LogP contribution in [0.2, 0.25) is 0 Å². The van der Waals surface area contributed by atoms with Crippen LogP contribution >= 0.6 is 0 Å². The number of halogens is 3. The summed E-state index contributed by atoms with van der Waals surface area (Å²) < 4.78 is 37.1. The molecule has 2 heterocycles. The van der Waals surface area contributed by atoms with Crippen LogP contribution in [0.5, 0.6) is 0 Å². The first-order valence-electron chi connectivity index (χ1n) is 21.7. The van der Waals surface area contributed by atoms with Crippen molar-refractivity contribution in [3.05, 3.63) is 82.0 Å². The van der Waals surface area contributed by atoms with E-state index in [1.807, 2.05) is 58.0 Å². The van der Waals surface area contributed by atoms with Crippen molar-refractivity contribution in [3.8, 4) is 11.1 Å². The minimum absolute atomic E-state index is 0.149. The fourth-order valence-electron chi connectivity index (χ4n) is 8.18. The fraction of sp³-hybridized carbons (Fsp3) is 0.500. The molecule has 65 heavy (non-hydrogen) atoms. The van der Waals surface area contributed by atoms with Crippen LogP contribution in [-0.4, -0.2) is 105 Å². The second-order valence-corrected chi connectivity index (χ2v) is 18.0. The topological polar surface area (TPSA) is 233 Å². The van der Waals surface area contributed by atoms with Gasteiger partial charge in [0.15, 0.2) is 0 Å². The molecule has 0 saturated heterocycles. The van der Waals surface area contributed by atoms with Gasteiger partial charge in [0.1, 0.15) is 11.3 Å². The van der Waals surface area contributed by atoms with Gasteiger partial charge in [-0.05, 0) is 141 Å². The zero-order chi connectivity index (χ0) is 47.8. The molecule has 16 nitrogen and oxygen atoms in total. The number of hydrogen-bond acceptors (Lipinski definition) is 10. The van der Waals surface area contributed by atoms with Gasteiger partial charge in [-0.2, -0.15) is 13.2 Å². The number of pyridine rings is 1. The number of nitrogens with one attached hydrogen (secondary N) is 4. The number of fused-ring (bicyclic) bond motifs is 1. The van der Waals surface area contributed by atoms with Crippen LogP contribution in [0.4, 0.5) is 23.7 Å². The van der Waals surface area contributed by atoms with Crippen molar-refractivity contribution in [2.75, 3.05) is 25.5 Å². The minimum Gasteiger partial charge on any atom is -0.475 e. The predicted octanol–water partition coefficient (Wildman–Crippen LogP) is 6.22. The van der Waals surface area contributed by atoms with E-state index >= 15 is 0 Å². The molecule has 0 unspecified atom stereocenters. The molecule has 2 aromatic heterocycles. The van der Waals surface area contributed by atoms with Crippen LogP contribution in [0.25, 0.3) is 22.2 Å². The number of aliphatic carboxylic acids is 1. The van der Waals surface area contributed by atoms with Gasteiger partial charge in [0.05, 0.1) is 22.8 Å². The quantitative estimate of drug-likeness (QED) is 0.0989. The highest BCUT2D eigenvalue weighted by Gasteiger charge is 2.38. The van der Waals surface area contributed by atoms with Crippen LogP contribution in [-0.2, 0) is 25.5 Å². The molecule has 2 aliphatic carbocycles. The molecule has 19 heteroatoms. The van der Waals surface area contributed by atoms with Gasteiger partial charge in [0, 0.05) is 35.8 Å². The van der Waals surface area contributed by atoms with E-state index in [1.165, 1.54) is 4.90 Å². The van der Waals surface area contributed by atoms with E-state index in [2.05, 4.69) is 44.6 Å².